The molecule has 2 aromatic carbocycles. The highest BCUT2D eigenvalue weighted by atomic mass is 16.5. The molecule has 172 valence electrons. The summed E-state index contributed by atoms with van der Waals surface area (Å²) in [6, 6.07) is 17.6. The fourth-order valence-electron chi connectivity index (χ4n) is 3.21. The average Bonchev–Trinajstić information content (AvgIpc) is 2.86. The number of benzene rings is 2. The van der Waals surface area contributed by atoms with E-state index >= 15 is 0 Å². The van der Waals surface area contributed by atoms with Gasteiger partial charge in [0, 0.05) is 23.0 Å². The number of carbonyl (C=O) groups is 2. The number of nitrogens with one attached hydrogen (secondary N) is 2. The lowest BCUT2D eigenvalue weighted by molar-refractivity contribution is -0.135. The maximum Gasteiger partial charge on any atom is 0.269 e. The molecule has 0 unspecified atom stereocenters. The van der Waals surface area contributed by atoms with Gasteiger partial charge in [0.05, 0.1) is 12.6 Å². The number of hydroxylamine groups is 1. The zero-order chi connectivity index (χ0) is 24.5. The molecule has 0 aliphatic heterocycles. The maximum absolute atomic E-state index is 13.1. The number of amides is 2. The number of aliphatic hydroxyl groups is 1. The molecule has 0 saturated carbocycles. The Labute approximate surface area is 198 Å². The second-order valence-corrected chi connectivity index (χ2v) is 7.41. The van der Waals surface area contributed by atoms with Crippen LogP contribution in [0.4, 0.5) is 11.5 Å². The van der Waals surface area contributed by atoms with Crippen molar-refractivity contribution >= 4 is 23.3 Å². The molecule has 0 aliphatic carbocycles. The van der Waals surface area contributed by atoms with Crippen molar-refractivity contribution in [3.63, 3.8) is 0 Å². The molecule has 4 N–H and O–H groups in total. The van der Waals surface area contributed by atoms with Gasteiger partial charge in [0.15, 0.2) is 0 Å². The van der Waals surface area contributed by atoms with Gasteiger partial charge >= 0.3 is 0 Å². The Morgan fingerprint density at radius 3 is 2.18 bits per heavy atom. The van der Waals surface area contributed by atoms with Gasteiger partial charge in [-0.05, 0) is 67.9 Å². The van der Waals surface area contributed by atoms with Crippen LogP contribution in [0, 0.1) is 18.8 Å². The molecule has 2 amide bonds. The molecule has 8 heteroatoms. The molecule has 0 aliphatic rings. The summed E-state index contributed by atoms with van der Waals surface area (Å²) in [5.74, 6) is 5.09. The zero-order valence-corrected chi connectivity index (χ0v) is 18.5. The Balaban J connectivity index is 1.86. The average molecular weight is 457 g/mol. The van der Waals surface area contributed by atoms with E-state index in [0.717, 1.165) is 10.5 Å². The Hall–Kier alpha value is -4.19. The van der Waals surface area contributed by atoms with Gasteiger partial charge in [-0.25, -0.2) is 10.5 Å². The lowest BCUT2D eigenvalue weighted by Crippen LogP contribution is -2.56. The number of aromatic nitrogens is 1. The molecule has 0 saturated heterocycles. The normalized spacial score (nSPS) is 12.0. The van der Waals surface area contributed by atoms with Crippen molar-refractivity contribution in [2.75, 3.05) is 16.8 Å². The van der Waals surface area contributed by atoms with E-state index < -0.39 is 24.0 Å². The third-order valence-electron chi connectivity index (χ3n) is 4.88. The highest BCUT2D eigenvalue weighted by Gasteiger charge is 2.34. The SMILES string of the molecule is [CH]c1ccc(C#Cc2ccc(N(C(=O)CNc3ccccn3)[C@H](C(=O)NO)[C@@H](C)O)cc2)cc1. The monoisotopic (exact) mass is 456 g/mol. The smallest absolute Gasteiger partial charge is 0.269 e. The molecular formula is C26H24N4O4. The first-order valence-corrected chi connectivity index (χ1v) is 10.5. The quantitative estimate of drug-likeness (QED) is 0.246. The van der Waals surface area contributed by atoms with Gasteiger partial charge in [0.25, 0.3) is 5.91 Å². The van der Waals surface area contributed by atoms with Crippen molar-refractivity contribution in [2.45, 2.75) is 19.1 Å². The van der Waals surface area contributed by atoms with E-state index in [1.54, 1.807) is 60.8 Å². The minimum Gasteiger partial charge on any atom is -0.391 e. The number of hydrogen-bond donors (Lipinski definition) is 4. The van der Waals surface area contributed by atoms with Crippen molar-refractivity contribution in [1.29, 1.82) is 0 Å². The van der Waals surface area contributed by atoms with Gasteiger partial charge in [-0.15, -0.1) is 0 Å². The summed E-state index contributed by atoms with van der Waals surface area (Å²) in [5.41, 5.74) is 4.00. The minimum absolute atomic E-state index is 0.197. The summed E-state index contributed by atoms with van der Waals surface area (Å²) in [5, 5.41) is 22.3. The minimum atomic E-state index is -1.37. The fraction of sp³-hybridized carbons (Fsp3) is 0.154. The summed E-state index contributed by atoms with van der Waals surface area (Å²) in [7, 11) is 0. The Kier molecular flexibility index (Phi) is 8.35. The van der Waals surface area contributed by atoms with E-state index in [0.29, 0.717) is 22.6 Å². The molecule has 2 atom stereocenters. The summed E-state index contributed by atoms with van der Waals surface area (Å²) in [4.78, 5) is 30.7. The lowest BCUT2D eigenvalue weighted by atomic mass is 10.1. The molecule has 1 heterocycles. The van der Waals surface area contributed by atoms with Gasteiger partial charge in [0.1, 0.15) is 11.9 Å². The third kappa shape index (κ3) is 6.42. The van der Waals surface area contributed by atoms with E-state index in [-0.39, 0.29) is 6.54 Å². The van der Waals surface area contributed by atoms with Crippen LogP contribution >= 0.6 is 0 Å². The van der Waals surface area contributed by atoms with Crippen LogP contribution in [0.3, 0.4) is 0 Å². The van der Waals surface area contributed by atoms with Crippen LogP contribution in [0.15, 0.2) is 72.9 Å². The Morgan fingerprint density at radius 2 is 1.65 bits per heavy atom. The van der Waals surface area contributed by atoms with Crippen molar-refractivity contribution in [2.24, 2.45) is 0 Å². The maximum atomic E-state index is 13.1. The van der Waals surface area contributed by atoms with Crippen molar-refractivity contribution in [1.82, 2.24) is 10.5 Å². The largest absolute Gasteiger partial charge is 0.391 e. The molecule has 3 rings (SSSR count). The second kappa shape index (κ2) is 11.6. The van der Waals surface area contributed by atoms with E-state index in [4.69, 9.17) is 6.92 Å². The van der Waals surface area contributed by atoms with E-state index in [9.17, 15) is 19.9 Å². The standard InChI is InChI=1S/C26H24N4O4/c1-18-6-8-20(9-7-18)10-11-21-12-14-22(15-13-21)30(25(19(2)31)26(33)29-34)24(32)17-28-23-5-3-4-16-27-23/h1,3-9,12-16,19,25,31,34H,17H2,2H3,(H,27,28)(H,29,33)/t19-,25+/m1/s1. The van der Waals surface area contributed by atoms with Crippen LogP contribution < -0.4 is 15.7 Å². The number of pyridine rings is 1. The first kappa shape index (κ1) is 24.5. The predicted molar refractivity (Wildman–Crippen MR) is 128 cm³/mol. The van der Waals surface area contributed by atoms with Crippen LogP contribution in [0.25, 0.3) is 0 Å². The Morgan fingerprint density at radius 1 is 1.03 bits per heavy atom. The molecule has 34 heavy (non-hydrogen) atoms. The molecule has 8 nitrogen and oxygen atoms in total. The highest BCUT2D eigenvalue weighted by Crippen LogP contribution is 2.21. The van der Waals surface area contributed by atoms with E-state index in [1.165, 1.54) is 12.4 Å². The molecule has 1 aromatic heterocycles. The lowest BCUT2D eigenvalue weighted by Gasteiger charge is -2.32. The topological polar surface area (TPSA) is 115 Å². The second-order valence-electron chi connectivity index (χ2n) is 7.41. The number of carbonyl (C=O) groups excluding carboxylic acids is 2. The highest BCUT2D eigenvalue weighted by molar-refractivity contribution is 6.02. The van der Waals surface area contributed by atoms with Crippen LogP contribution in [-0.4, -0.2) is 45.8 Å². The fourth-order valence-corrected chi connectivity index (χ4v) is 3.21. The molecule has 2 radical (unpaired) electrons. The van der Waals surface area contributed by atoms with E-state index in [1.807, 2.05) is 12.1 Å². The van der Waals surface area contributed by atoms with Crippen LogP contribution in [0.2, 0.25) is 0 Å². The Bertz CT molecular complexity index is 1170. The summed E-state index contributed by atoms with van der Waals surface area (Å²) >= 11 is 0. The van der Waals surface area contributed by atoms with Crippen LogP contribution in [-0.2, 0) is 9.59 Å². The molecule has 0 fully saturated rings. The van der Waals surface area contributed by atoms with Crippen molar-refractivity contribution in [3.8, 4) is 11.8 Å². The van der Waals surface area contributed by atoms with Gasteiger partial charge in [-0.1, -0.05) is 30.0 Å². The van der Waals surface area contributed by atoms with Crippen LogP contribution in [0.5, 0.6) is 0 Å². The number of rotatable bonds is 7. The van der Waals surface area contributed by atoms with Crippen LogP contribution in [0.1, 0.15) is 23.6 Å². The number of aliphatic hydroxyl groups excluding tert-OH is 1. The first-order chi connectivity index (χ1) is 16.4. The summed E-state index contributed by atoms with van der Waals surface area (Å²) in [6.07, 6.45) is 0.308. The number of hydrogen-bond acceptors (Lipinski definition) is 6. The van der Waals surface area contributed by atoms with Gasteiger partial charge in [-0.3, -0.25) is 19.7 Å². The van der Waals surface area contributed by atoms with Gasteiger partial charge < -0.3 is 10.4 Å². The van der Waals surface area contributed by atoms with E-state index in [2.05, 4.69) is 22.1 Å². The van der Waals surface area contributed by atoms with Gasteiger partial charge in [-0.2, -0.15) is 0 Å². The van der Waals surface area contributed by atoms with Crippen molar-refractivity contribution < 1.29 is 19.9 Å². The molecular weight excluding hydrogens is 432 g/mol. The molecule has 0 spiro atoms. The summed E-state index contributed by atoms with van der Waals surface area (Å²) < 4.78 is 0. The number of nitrogens with zero attached hydrogens (tertiary/aromatic N) is 2. The van der Waals surface area contributed by atoms with Gasteiger partial charge in [0.2, 0.25) is 5.91 Å². The predicted octanol–water partition coefficient (Wildman–Crippen LogP) is 2.24. The summed E-state index contributed by atoms with van der Waals surface area (Å²) in [6.45, 7) is 6.85. The number of anilines is 2. The molecule has 0 bridgehead atoms. The third-order valence-corrected chi connectivity index (χ3v) is 4.88. The molecule has 3 aromatic rings. The zero-order valence-electron chi connectivity index (χ0n) is 18.5. The first-order valence-electron chi connectivity index (χ1n) is 10.5. The van der Waals surface area contributed by atoms with Crippen molar-refractivity contribution in [3.05, 3.63) is 96.5 Å².